The molecule has 26 heavy (non-hydrogen) atoms. The molecular weight excluding hydrogens is 340 g/mol. The summed E-state index contributed by atoms with van der Waals surface area (Å²) in [5.41, 5.74) is 0.786. The highest BCUT2D eigenvalue weighted by Crippen LogP contribution is 2.25. The third-order valence-corrected chi connectivity index (χ3v) is 3.91. The summed E-state index contributed by atoms with van der Waals surface area (Å²) < 4.78 is 14.8. The van der Waals surface area contributed by atoms with Crippen molar-refractivity contribution in [3.63, 3.8) is 0 Å². The molecule has 2 atom stereocenters. The monoisotopic (exact) mass is 362 g/mol. The van der Waals surface area contributed by atoms with Gasteiger partial charge >= 0.3 is 11.9 Å². The first-order chi connectivity index (χ1) is 12.4. The molecule has 0 heterocycles. The number of benzene rings is 2. The summed E-state index contributed by atoms with van der Waals surface area (Å²) in [4.78, 5) is 23.0. The number of aliphatic hydroxyl groups is 2. The highest BCUT2D eigenvalue weighted by Gasteiger charge is 2.19. The Bertz CT molecular complexity index is 772. The highest BCUT2D eigenvalue weighted by molar-refractivity contribution is 5.86. The highest BCUT2D eigenvalue weighted by atomic mass is 16.6. The van der Waals surface area contributed by atoms with Crippen molar-refractivity contribution in [3.05, 3.63) is 42.0 Å². The molecule has 2 aromatic rings. The molecule has 0 saturated carbocycles. The van der Waals surface area contributed by atoms with Gasteiger partial charge in [0, 0.05) is 0 Å². The lowest BCUT2D eigenvalue weighted by atomic mass is 9.98. The zero-order valence-electron chi connectivity index (χ0n) is 14.7. The topological polar surface area (TPSA) is 102 Å². The molecule has 2 rings (SSSR count). The Morgan fingerprint density at radius 3 is 2.38 bits per heavy atom. The molecule has 2 N–H and O–H groups in total. The fraction of sp³-hybridized carbons (Fsp3) is 0.368. The minimum atomic E-state index is -1.15. The third-order valence-electron chi connectivity index (χ3n) is 3.91. The van der Waals surface area contributed by atoms with Crippen LogP contribution in [0.15, 0.2) is 36.4 Å². The quantitative estimate of drug-likeness (QED) is 0.684. The minimum Gasteiger partial charge on any atom is -0.497 e. The first-order valence-corrected chi connectivity index (χ1v) is 8.13. The van der Waals surface area contributed by atoms with Gasteiger partial charge in [0.1, 0.15) is 31.7 Å². The second kappa shape index (κ2) is 9.17. The molecule has 0 spiro atoms. The van der Waals surface area contributed by atoms with Crippen LogP contribution in [0.1, 0.15) is 18.4 Å². The normalized spacial score (nSPS) is 13.1. The van der Waals surface area contributed by atoms with Crippen molar-refractivity contribution in [2.75, 3.05) is 26.9 Å². The largest absolute Gasteiger partial charge is 0.497 e. The second-order valence-electron chi connectivity index (χ2n) is 5.82. The molecule has 0 bridgehead atoms. The van der Waals surface area contributed by atoms with Gasteiger partial charge in [-0.15, -0.1) is 0 Å². The number of hydrogen-bond donors (Lipinski definition) is 2. The van der Waals surface area contributed by atoms with Gasteiger partial charge in [-0.05, 0) is 35.4 Å². The van der Waals surface area contributed by atoms with Gasteiger partial charge in [-0.2, -0.15) is 0 Å². The Hall–Kier alpha value is -2.64. The number of carbonyl (C=O) groups is 2. The van der Waals surface area contributed by atoms with E-state index in [2.05, 4.69) is 4.74 Å². The summed E-state index contributed by atoms with van der Waals surface area (Å²) in [6.45, 7) is 0.300. The van der Waals surface area contributed by atoms with Crippen LogP contribution in [0.5, 0.6) is 5.75 Å². The summed E-state index contributed by atoms with van der Waals surface area (Å²) in [5.74, 6) is -1.11. The number of carbonyl (C=O) groups excluding carboxylic acids is 2. The average Bonchev–Trinajstić information content (AvgIpc) is 2.68. The van der Waals surface area contributed by atoms with Crippen molar-refractivity contribution in [1.82, 2.24) is 0 Å². The van der Waals surface area contributed by atoms with E-state index in [0.29, 0.717) is 0 Å². The molecule has 140 valence electrons. The van der Waals surface area contributed by atoms with Gasteiger partial charge in [-0.25, -0.2) is 4.79 Å². The standard InChI is InChI=1S/C19H22O7/c1-12(19(23)26-11-16(21)10-25-18(22)9-20)13-3-4-15-8-17(24-2)6-5-14(15)7-13/h3-8,12,16,20-21H,9-11H2,1-2H3/t12-,16?/m0/s1. The van der Waals surface area contributed by atoms with Crippen molar-refractivity contribution in [2.45, 2.75) is 18.9 Å². The SMILES string of the molecule is COc1ccc2cc([C@H](C)C(=O)OCC(O)COC(=O)CO)ccc2c1. The number of fused-ring (bicyclic) bond motifs is 1. The first kappa shape index (κ1) is 19.7. The van der Waals surface area contributed by atoms with E-state index in [1.54, 1.807) is 14.0 Å². The maximum absolute atomic E-state index is 12.2. The Morgan fingerprint density at radius 1 is 1.04 bits per heavy atom. The van der Waals surface area contributed by atoms with Gasteiger partial charge in [0.25, 0.3) is 0 Å². The van der Waals surface area contributed by atoms with Crippen LogP contribution in [0, 0.1) is 0 Å². The van der Waals surface area contributed by atoms with Crippen LogP contribution in [0.3, 0.4) is 0 Å². The van der Waals surface area contributed by atoms with Crippen molar-refractivity contribution >= 4 is 22.7 Å². The Balaban J connectivity index is 1.95. The van der Waals surface area contributed by atoms with E-state index < -0.39 is 30.6 Å². The zero-order chi connectivity index (χ0) is 19.1. The molecule has 2 aromatic carbocycles. The smallest absolute Gasteiger partial charge is 0.331 e. The minimum absolute atomic E-state index is 0.299. The summed E-state index contributed by atoms with van der Waals surface area (Å²) in [7, 11) is 1.60. The van der Waals surface area contributed by atoms with Crippen molar-refractivity contribution in [1.29, 1.82) is 0 Å². The van der Waals surface area contributed by atoms with Crippen LogP contribution in [0.25, 0.3) is 10.8 Å². The summed E-state index contributed by atoms with van der Waals surface area (Å²) >= 11 is 0. The van der Waals surface area contributed by atoms with Gasteiger partial charge in [0.15, 0.2) is 0 Å². The zero-order valence-corrected chi connectivity index (χ0v) is 14.7. The lowest BCUT2D eigenvalue weighted by Crippen LogP contribution is -2.27. The van der Waals surface area contributed by atoms with Crippen LogP contribution in [0.2, 0.25) is 0 Å². The number of rotatable bonds is 8. The number of aliphatic hydroxyl groups excluding tert-OH is 2. The van der Waals surface area contributed by atoms with Crippen LogP contribution in [-0.2, 0) is 19.1 Å². The van der Waals surface area contributed by atoms with E-state index in [0.717, 1.165) is 22.1 Å². The van der Waals surface area contributed by atoms with Crippen molar-refractivity contribution in [2.24, 2.45) is 0 Å². The summed E-state index contributed by atoms with van der Waals surface area (Å²) in [6, 6.07) is 11.3. The van der Waals surface area contributed by atoms with E-state index in [1.165, 1.54) is 0 Å². The fourth-order valence-corrected chi connectivity index (χ4v) is 2.36. The van der Waals surface area contributed by atoms with Gasteiger partial charge in [0.05, 0.1) is 13.0 Å². The van der Waals surface area contributed by atoms with Gasteiger partial charge in [-0.3, -0.25) is 4.79 Å². The number of hydrogen-bond acceptors (Lipinski definition) is 7. The molecule has 0 aliphatic heterocycles. The molecule has 1 unspecified atom stereocenters. The Labute approximate surface area is 151 Å². The maximum Gasteiger partial charge on any atom is 0.331 e. The molecule has 0 saturated heterocycles. The lowest BCUT2D eigenvalue weighted by molar-refractivity contribution is -0.154. The molecule has 0 aromatic heterocycles. The number of methoxy groups -OCH3 is 1. The molecule has 0 aliphatic rings. The molecular formula is C19H22O7. The Morgan fingerprint density at radius 2 is 1.69 bits per heavy atom. The molecule has 0 amide bonds. The predicted octanol–water partition coefficient (Wildman–Crippen LogP) is 1.39. The van der Waals surface area contributed by atoms with Crippen molar-refractivity contribution < 1.29 is 34.0 Å². The van der Waals surface area contributed by atoms with Gasteiger partial charge in [-0.1, -0.05) is 24.3 Å². The van der Waals surface area contributed by atoms with Crippen LogP contribution >= 0.6 is 0 Å². The molecule has 0 radical (unpaired) electrons. The molecule has 7 nitrogen and oxygen atoms in total. The number of esters is 2. The Kier molecular flexibility index (Phi) is 6.94. The number of ether oxygens (including phenoxy) is 3. The van der Waals surface area contributed by atoms with Crippen LogP contribution in [-0.4, -0.2) is 55.2 Å². The predicted molar refractivity (Wildman–Crippen MR) is 93.9 cm³/mol. The van der Waals surface area contributed by atoms with E-state index in [4.69, 9.17) is 14.6 Å². The van der Waals surface area contributed by atoms with Crippen molar-refractivity contribution in [3.8, 4) is 5.75 Å². The molecule has 7 heteroatoms. The van der Waals surface area contributed by atoms with Gasteiger partial charge < -0.3 is 24.4 Å². The molecule has 0 aliphatic carbocycles. The summed E-state index contributed by atoms with van der Waals surface area (Å²) in [6.07, 6.45) is -1.15. The maximum atomic E-state index is 12.2. The lowest BCUT2D eigenvalue weighted by Gasteiger charge is -2.15. The van der Waals surface area contributed by atoms with Crippen LogP contribution < -0.4 is 4.74 Å². The fourth-order valence-electron chi connectivity index (χ4n) is 2.36. The van der Waals surface area contributed by atoms with E-state index in [-0.39, 0.29) is 13.2 Å². The van der Waals surface area contributed by atoms with E-state index >= 15 is 0 Å². The van der Waals surface area contributed by atoms with E-state index in [9.17, 15) is 14.7 Å². The second-order valence-corrected chi connectivity index (χ2v) is 5.82. The van der Waals surface area contributed by atoms with Gasteiger partial charge in [0.2, 0.25) is 0 Å². The average molecular weight is 362 g/mol. The molecule has 0 fully saturated rings. The third kappa shape index (κ3) is 5.18. The van der Waals surface area contributed by atoms with Crippen LogP contribution in [0.4, 0.5) is 0 Å². The van der Waals surface area contributed by atoms with E-state index in [1.807, 2.05) is 36.4 Å². The summed E-state index contributed by atoms with van der Waals surface area (Å²) in [5, 5.41) is 20.1. The first-order valence-electron chi connectivity index (χ1n) is 8.13.